The van der Waals surface area contributed by atoms with E-state index in [0.29, 0.717) is 17.8 Å². The highest BCUT2D eigenvalue weighted by atomic mass is 32.2. The number of rotatable bonds is 10. The smallest absolute Gasteiger partial charge is 0.244 e. The standard InChI is InChI=1S/C24H32FN3O4S/c1-17(2)14-26-24(30)19(4)27(15-20-11-7-8-12-21(20)25)23(29)16-28(33(5,31)32)22-13-9-6-10-18(22)3/h6-13,17,19H,14-16H2,1-5H3,(H,26,30). The molecule has 1 N–H and O–H groups in total. The molecule has 0 heterocycles. The summed E-state index contributed by atoms with van der Waals surface area (Å²) < 4.78 is 40.5. The number of halogens is 1. The first-order valence-corrected chi connectivity index (χ1v) is 12.6. The number of carbonyl (C=O) groups excluding carboxylic acids is 2. The van der Waals surface area contributed by atoms with E-state index in [1.54, 1.807) is 44.2 Å². The molecule has 9 heteroatoms. The second kappa shape index (κ2) is 11.3. The van der Waals surface area contributed by atoms with Crippen LogP contribution in [-0.2, 0) is 26.2 Å². The fraction of sp³-hybridized carbons (Fsp3) is 0.417. The van der Waals surface area contributed by atoms with Crippen LogP contribution < -0.4 is 9.62 Å². The third-order valence-corrected chi connectivity index (χ3v) is 6.34. The van der Waals surface area contributed by atoms with E-state index in [4.69, 9.17) is 0 Å². The average Bonchev–Trinajstić information content (AvgIpc) is 2.74. The number of carbonyl (C=O) groups is 2. The van der Waals surface area contributed by atoms with Gasteiger partial charge in [-0.05, 0) is 37.5 Å². The van der Waals surface area contributed by atoms with Gasteiger partial charge in [0.1, 0.15) is 18.4 Å². The summed E-state index contributed by atoms with van der Waals surface area (Å²) in [6.07, 6.45) is 1.02. The molecule has 2 amide bonds. The van der Waals surface area contributed by atoms with Crippen molar-refractivity contribution in [3.63, 3.8) is 0 Å². The van der Waals surface area contributed by atoms with Crippen molar-refractivity contribution in [2.24, 2.45) is 5.92 Å². The maximum atomic E-state index is 14.4. The minimum absolute atomic E-state index is 0.173. The third-order valence-electron chi connectivity index (χ3n) is 5.21. The topological polar surface area (TPSA) is 86.8 Å². The lowest BCUT2D eigenvalue weighted by molar-refractivity contribution is -0.139. The van der Waals surface area contributed by atoms with Crippen LogP contribution in [0.5, 0.6) is 0 Å². The van der Waals surface area contributed by atoms with Crippen LogP contribution in [-0.4, -0.2) is 50.5 Å². The first kappa shape index (κ1) is 26.3. The first-order valence-electron chi connectivity index (χ1n) is 10.8. The highest BCUT2D eigenvalue weighted by Gasteiger charge is 2.30. The van der Waals surface area contributed by atoms with Crippen LogP contribution in [0.2, 0.25) is 0 Å². The van der Waals surface area contributed by atoms with Gasteiger partial charge in [-0.25, -0.2) is 12.8 Å². The number of hydrogen-bond donors (Lipinski definition) is 1. The maximum Gasteiger partial charge on any atom is 0.244 e. The summed E-state index contributed by atoms with van der Waals surface area (Å²) >= 11 is 0. The molecule has 0 aliphatic rings. The van der Waals surface area contributed by atoms with Gasteiger partial charge in [-0.3, -0.25) is 13.9 Å². The number of para-hydroxylation sites is 1. The van der Waals surface area contributed by atoms with Gasteiger partial charge in [-0.15, -0.1) is 0 Å². The molecular weight excluding hydrogens is 445 g/mol. The maximum absolute atomic E-state index is 14.4. The van der Waals surface area contributed by atoms with Crippen molar-refractivity contribution in [1.29, 1.82) is 0 Å². The molecule has 2 aromatic carbocycles. The summed E-state index contributed by atoms with van der Waals surface area (Å²) in [4.78, 5) is 27.4. The Balaban J connectivity index is 2.39. The summed E-state index contributed by atoms with van der Waals surface area (Å²) in [5, 5.41) is 2.78. The predicted molar refractivity (Wildman–Crippen MR) is 128 cm³/mol. The largest absolute Gasteiger partial charge is 0.354 e. The number of anilines is 1. The summed E-state index contributed by atoms with van der Waals surface area (Å²) in [6, 6.07) is 11.9. The second-order valence-electron chi connectivity index (χ2n) is 8.48. The quantitative estimate of drug-likeness (QED) is 0.570. The van der Waals surface area contributed by atoms with E-state index in [2.05, 4.69) is 5.32 Å². The van der Waals surface area contributed by atoms with Crippen LogP contribution in [0.4, 0.5) is 10.1 Å². The van der Waals surface area contributed by atoms with Gasteiger partial charge in [0.05, 0.1) is 11.9 Å². The Morgan fingerprint density at radius 1 is 1.03 bits per heavy atom. The molecule has 180 valence electrons. The second-order valence-corrected chi connectivity index (χ2v) is 10.4. The van der Waals surface area contributed by atoms with Crippen molar-refractivity contribution < 1.29 is 22.4 Å². The van der Waals surface area contributed by atoms with Crippen LogP contribution in [0.15, 0.2) is 48.5 Å². The zero-order chi connectivity index (χ0) is 24.8. The lowest BCUT2D eigenvalue weighted by Crippen LogP contribution is -2.51. The van der Waals surface area contributed by atoms with Crippen molar-refractivity contribution in [3.8, 4) is 0 Å². The molecule has 33 heavy (non-hydrogen) atoms. The lowest BCUT2D eigenvalue weighted by Gasteiger charge is -2.32. The summed E-state index contributed by atoms with van der Waals surface area (Å²) in [5.74, 6) is -1.31. The Bertz CT molecular complexity index is 1090. The zero-order valence-electron chi connectivity index (χ0n) is 19.7. The van der Waals surface area contributed by atoms with Crippen molar-refractivity contribution in [3.05, 3.63) is 65.5 Å². The number of hydrogen-bond acceptors (Lipinski definition) is 4. The molecule has 0 aromatic heterocycles. The van der Waals surface area contributed by atoms with Crippen molar-refractivity contribution in [2.45, 2.75) is 40.3 Å². The number of aryl methyl sites for hydroxylation is 1. The fourth-order valence-electron chi connectivity index (χ4n) is 3.28. The number of nitrogens with one attached hydrogen (secondary N) is 1. The zero-order valence-corrected chi connectivity index (χ0v) is 20.5. The van der Waals surface area contributed by atoms with E-state index in [-0.39, 0.29) is 18.0 Å². The van der Waals surface area contributed by atoms with E-state index in [0.717, 1.165) is 10.6 Å². The molecule has 2 rings (SSSR count). The SMILES string of the molecule is Cc1ccccc1N(CC(=O)N(Cc1ccccc1F)C(C)C(=O)NCC(C)C)S(C)(=O)=O. The molecule has 0 aliphatic carbocycles. The van der Waals surface area contributed by atoms with Crippen molar-refractivity contribution >= 4 is 27.5 Å². The van der Waals surface area contributed by atoms with Crippen molar-refractivity contribution in [1.82, 2.24) is 10.2 Å². The van der Waals surface area contributed by atoms with Gasteiger partial charge in [0.25, 0.3) is 0 Å². The van der Waals surface area contributed by atoms with Gasteiger partial charge >= 0.3 is 0 Å². The van der Waals surface area contributed by atoms with E-state index in [1.165, 1.54) is 23.1 Å². The Morgan fingerprint density at radius 3 is 2.21 bits per heavy atom. The number of nitrogens with zero attached hydrogens (tertiary/aromatic N) is 2. The molecule has 0 aliphatic heterocycles. The normalized spacial score (nSPS) is 12.3. The van der Waals surface area contributed by atoms with Crippen LogP contribution >= 0.6 is 0 Å². The van der Waals surface area contributed by atoms with Crippen molar-refractivity contribution in [2.75, 3.05) is 23.7 Å². The predicted octanol–water partition coefficient (Wildman–Crippen LogP) is 3.09. The molecule has 0 fully saturated rings. The molecule has 0 radical (unpaired) electrons. The summed E-state index contributed by atoms with van der Waals surface area (Å²) in [7, 11) is -3.81. The van der Waals surface area contributed by atoms with E-state index in [9.17, 15) is 22.4 Å². The lowest BCUT2D eigenvalue weighted by atomic mass is 10.1. The Labute approximate surface area is 195 Å². The molecule has 7 nitrogen and oxygen atoms in total. The summed E-state index contributed by atoms with van der Waals surface area (Å²) in [6.45, 7) is 6.92. The van der Waals surface area contributed by atoms with Gasteiger partial charge in [0, 0.05) is 18.7 Å². The Hall–Kier alpha value is -2.94. The molecule has 1 atom stereocenters. The monoisotopic (exact) mass is 477 g/mol. The van der Waals surface area contributed by atoms with Gasteiger partial charge < -0.3 is 10.2 Å². The van der Waals surface area contributed by atoms with Crippen LogP contribution in [0.3, 0.4) is 0 Å². The molecular formula is C24H32FN3O4S. The van der Waals surface area contributed by atoms with E-state index in [1.807, 2.05) is 13.8 Å². The van der Waals surface area contributed by atoms with Gasteiger partial charge in [0.2, 0.25) is 21.8 Å². The Morgan fingerprint density at radius 2 is 1.64 bits per heavy atom. The third kappa shape index (κ3) is 7.28. The highest BCUT2D eigenvalue weighted by Crippen LogP contribution is 2.23. The highest BCUT2D eigenvalue weighted by molar-refractivity contribution is 7.92. The molecule has 0 spiro atoms. The fourth-order valence-corrected chi connectivity index (χ4v) is 4.19. The molecule has 0 bridgehead atoms. The van der Waals surface area contributed by atoms with Crippen LogP contribution in [0.25, 0.3) is 0 Å². The average molecular weight is 478 g/mol. The minimum atomic E-state index is -3.81. The number of amides is 2. The Kier molecular flexibility index (Phi) is 8.99. The molecule has 2 aromatic rings. The molecule has 1 unspecified atom stereocenters. The number of benzene rings is 2. The summed E-state index contributed by atoms with van der Waals surface area (Å²) in [5.41, 5.74) is 1.28. The van der Waals surface area contributed by atoms with E-state index < -0.39 is 40.2 Å². The van der Waals surface area contributed by atoms with E-state index >= 15 is 0 Å². The molecule has 0 saturated heterocycles. The van der Waals surface area contributed by atoms with Gasteiger partial charge in [-0.1, -0.05) is 50.2 Å². The van der Waals surface area contributed by atoms with Crippen LogP contribution in [0, 0.1) is 18.7 Å². The van der Waals surface area contributed by atoms with Gasteiger partial charge in [-0.2, -0.15) is 0 Å². The molecule has 0 saturated carbocycles. The minimum Gasteiger partial charge on any atom is -0.354 e. The van der Waals surface area contributed by atoms with Crippen LogP contribution in [0.1, 0.15) is 31.9 Å². The first-order chi connectivity index (χ1) is 15.4. The van der Waals surface area contributed by atoms with Gasteiger partial charge in [0.15, 0.2) is 0 Å². The number of sulfonamides is 1.